The highest BCUT2D eigenvalue weighted by atomic mass is 16.4. The van der Waals surface area contributed by atoms with Crippen LogP contribution in [0.1, 0.15) is 68.3 Å². The monoisotopic (exact) mass is 935 g/mol. The van der Waals surface area contributed by atoms with Gasteiger partial charge in [0.25, 0.3) is 0 Å². The largest absolute Gasteiger partial charge is 0.508 e. The fourth-order valence-corrected chi connectivity index (χ4v) is 8.65. The first-order valence-corrected chi connectivity index (χ1v) is 23.0. The Hall–Kier alpha value is -7.28. The zero-order chi connectivity index (χ0) is 48.9. The number of carbonyl (C=O) groups excluding carboxylic acids is 6. The van der Waals surface area contributed by atoms with Crippen LogP contribution in [0.3, 0.4) is 0 Å². The number of H-pyrrole nitrogens is 1. The SMILES string of the molecule is CC[C@H](C)[C@H](NC(=O)[C@H](Cc1ccccc1)NC(=O)[C@H](Cc1ccc(O)cc1)NC(=O)[C@@H]1CCCN1C(=O)[C@H](Cc1ccc(O)cc1)NC(=O)[C@@H](N)Cc1cnc[nH]1)C(=O)N1CCC[C@H]1C(=O)O. The van der Waals surface area contributed by atoms with Crippen molar-refractivity contribution in [3.8, 4) is 11.5 Å². The van der Waals surface area contributed by atoms with Crippen LogP contribution in [0.4, 0.5) is 0 Å². The Kier molecular flexibility index (Phi) is 17.3. The summed E-state index contributed by atoms with van der Waals surface area (Å²) in [5, 5.41) is 41.0. The van der Waals surface area contributed by atoms with Gasteiger partial charge in [-0.3, -0.25) is 28.8 Å². The van der Waals surface area contributed by atoms with E-state index < -0.39 is 89.6 Å². The number of nitrogens with zero attached hydrogens (tertiary/aromatic N) is 3. The molecule has 1 aromatic heterocycles. The molecule has 0 saturated carbocycles. The number of aliphatic carboxylic acids is 1. The van der Waals surface area contributed by atoms with Gasteiger partial charge in [0.05, 0.1) is 12.4 Å². The van der Waals surface area contributed by atoms with E-state index in [1.807, 2.05) is 6.92 Å². The van der Waals surface area contributed by atoms with E-state index in [2.05, 4.69) is 31.2 Å². The molecule has 6 amide bonds. The van der Waals surface area contributed by atoms with Crippen molar-refractivity contribution < 1.29 is 48.9 Å². The number of hydrogen-bond donors (Lipinski definition) is 9. The maximum Gasteiger partial charge on any atom is 0.326 e. The molecule has 0 aliphatic carbocycles. The number of amides is 6. The molecule has 0 unspecified atom stereocenters. The molecule has 2 fully saturated rings. The number of benzene rings is 3. The van der Waals surface area contributed by atoms with E-state index in [0.29, 0.717) is 41.6 Å². The van der Waals surface area contributed by atoms with Crippen LogP contribution in [0.5, 0.6) is 11.5 Å². The molecule has 68 heavy (non-hydrogen) atoms. The van der Waals surface area contributed by atoms with Crippen molar-refractivity contribution in [2.75, 3.05) is 13.1 Å². The van der Waals surface area contributed by atoms with E-state index in [4.69, 9.17) is 5.73 Å². The van der Waals surface area contributed by atoms with Gasteiger partial charge >= 0.3 is 5.97 Å². The van der Waals surface area contributed by atoms with Crippen LogP contribution in [0.15, 0.2) is 91.4 Å². The average Bonchev–Trinajstić information content (AvgIpc) is 4.15. The van der Waals surface area contributed by atoms with E-state index in [-0.39, 0.29) is 63.1 Å². The van der Waals surface area contributed by atoms with Crippen molar-refractivity contribution in [1.29, 1.82) is 0 Å². The van der Waals surface area contributed by atoms with Gasteiger partial charge in [0.1, 0.15) is 47.8 Å². The number of nitrogens with two attached hydrogens (primary N) is 1. The lowest BCUT2D eigenvalue weighted by atomic mass is 9.96. The van der Waals surface area contributed by atoms with Crippen LogP contribution in [0, 0.1) is 5.92 Å². The highest BCUT2D eigenvalue weighted by Gasteiger charge is 2.42. The summed E-state index contributed by atoms with van der Waals surface area (Å²) < 4.78 is 0. The normalized spacial score (nSPS) is 18.3. The number of hydrogen-bond acceptors (Lipinski definition) is 11. The fourth-order valence-electron chi connectivity index (χ4n) is 8.65. The number of aromatic hydroxyl groups is 2. The first-order valence-electron chi connectivity index (χ1n) is 23.0. The maximum absolute atomic E-state index is 14.6. The third-order valence-corrected chi connectivity index (χ3v) is 12.7. The van der Waals surface area contributed by atoms with Crippen molar-refractivity contribution in [3.63, 3.8) is 0 Å². The highest BCUT2D eigenvalue weighted by Crippen LogP contribution is 2.24. The van der Waals surface area contributed by atoms with Crippen molar-refractivity contribution in [1.82, 2.24) is 41.0 Å². The number of rotatable bonds is 21. The van der Waals surface area contributed by atoms with Crippen LogP contribution < -0.4 is 27.0 Å². The molecule has 4 aromatic rings. The van der Waals surface area contributed by atoms with Crippen LogP contribution in [-0.4, -0.2) is 132 Å². The van der Waals surface area contributed by atoms with E-state index in [9.17, 15) is 48.9 Å². The van der Waals surface area contributed by atoms with Gasteiger partial charge in [-0.1, -0.05) is 74.9 Å². The van der Waals surface area contributed by atoms with Gasteiger partial charge in [-0.2, -0.15) is 0 Å². The summed E-state index contributed by atoms with van der Waals surface area (Å²) >= 11 is 0. The number of imidazole rings is 1. The molecule has 0 spiro atoms. The lowest BCUT2D eigenvalue weighted by Gasteiger charge is -2.32. The summed E-state index contributed by atoms with van der Waals surface area (Å²) in [6.07, 6.45) is 4.93. The number of aromatic nitrogens is 2. The molecule has 2 aliphatic rings. The first kappa shape index (κ1) is 50.1. The van der Waals surface area contributed by atoms with Gasteiger partial charge < -0.3 is 57.1 Å². The van der Waals surface area contributed by atoms with Crippen molar-refractivity contribution in [2.45, 2.75) is 114 Å². The minimum atomic E-state index is -1.32. The second-order valence-electron chi connectivity index (χ2n) is 17.6. The third kappa shape index (κ3) is 13.2. The van der Waals surface area contributed by atoms with Crippen LogP contribution in [0.25, 0.3) is 0 Å². The van der Waals surface area contributed by atoms with Gasteiger partial charge in [0.15, 0.2) is 0 Å². The summed E-state index contributed by atoms with van der Waals surface area (Å²) in [7, 11) is 0. The molecule has 8 atom stereocenters. The molecule has 0 bridgehead atoms. The Morgan fingerprint density at radius 3 is 1.75 bits per heavy atom. The molecule has 6 rings (SSSR count). The number of phenols is 2. The molecule has 362 valence electrons. The third-order valence-electron chi connectivity index (χ3n) is 12.7. The fraction of sp³-hybridized carbons (Fsp3) is 0.429. The number of carbonyl (C=O) groups is 7. The second kappa shape index (κ2) is 23.4. The van der Waals surface area contributed by atoms with Gasteiger partial charge in [-0.15, -0.1) is 0 Å². The predicted molar refractivity (Wildman–Crippen MR) is 248 cm³/mol. The number of phenolic OH excluding ortho intramolecular Hbond substituents is 2. The molecule has 2 saturated heterocycles. The highest BCUT2D eigenvalue weighted by molar-refractivity contribution is 5.97. The molecule has 2 aliphatic heterocycles. The summed E-state index contributed by atoms with van der Waals surface area (Å²) in [6.45, 7) is 4.01. The minimum Gasteiger partial charge on any atom is -0.508 e. The standard InChI is InChI=1S/C49H61N9O10/c1-3-29(2)42(48(66)58-22-8-12-41(58)49(67)68)56-45(63)38(23-30-9-5-4-6-10-30)53-44(62)37(24-31-13-17-34(59)18-14-31)54-46(64)40-11-7-21-57(40)47(65)39(25-32-15-19-35(60)20-16-32)55-43(61)36(50)26-33-27-51-28-52-33/h4-6,9-10,13-20,27-29,36-42,59-60H,3,7-8,11-12,21-26,50H2,1-2H3,(H,51,52)(H,53,62)(H,54,64)(H,55,61)(H,56,63)(H,67,68)/t29-,36-,37-,38-,39-,40-,41-,42-/m0/s1. The van der Waals surface area contributed by atoms with Crippen molar-refractivity contribution >= 4 is 41.4 Å². The Balaban J connectivity index is 1.24. The zero-order valence-electron chi connectivity index (χ0n) is 38.2. The summed E-state index contributed by atoms with van der Waals surface area (Å²) in [5.74, 6) is -5.36. The first-order chi connectivity index (χ1) is 32.6. The second-order valence-corrected chi connectivity index (χ2v) is 17.6. The minimum absolute atomic E-state index is 0.00484. The number of aromatic amines is 1. The maximum atomic E-state index is 14.6. The Labute approximate surface area is 394 Å². The quantitative estimate of drug-likeness (QED) is 0.0575. The van der Waals surface area contributed by atoms with E-state index in [1.165, 1.54) is 46.6 Å². The Morgan fingerprint density at radius 2 is 1.19 bits per heavy atom. The lowest BCUT2D eigenvalue weighted by Crippen LogP contribution is -2.61. The van der Waals surface area contributed by atoms with Gasteiger partial charge in [0, 0.05) is 50.7 Å². The number of nitrogens with one attached hydrogen (secondary N) is 5. The Bertz CT molecular complexity index is 2370. The molecular weight excluding hydrogens is 875 g/mol. The predicted octanol–water partition coefficient (Wildman–Crippen LogP) is 1.47. The topological polar surface area (TPSA) is 289 Å². The van der Waals surface area contributed by atoms with Crippen molar-refractivity contribution in [2.24, 2.45) is 11.7 Å². The summed E-state index contributed by atoms with van der Waals surface area (Å²) in [5.41, 5.74) is 8.71. The van der Waals surface area contributed by atoms with Crippen LogP contribution >= 0.6 is 0 Å². The smallest absolute Gasteiger partial charge is 0.326 e. The number of carboxylic acid groups (broad SMARTS) is 1. The number of likely N-dealkylation sites (tertiary alicyclic amines) is 2. The van der Waals surface area contributed by atoms with Crippen molar-refractivity contribution in [3.05, 3.63) is 114 Å². The van der Waals surface area contributed by atoms with Gasteiger partial charge in [-0.25, -0.2) is 9.78 Å². The average molecular weight is 936 g/mol. The van der Waals surface area contributed by atoms with Crippen LogP contribution in [0.2, 0.25) is 0 Å². The molecule has 0 radical (unpaired) electrons. The van der Waals surface area contributed by atoms with Gasteiger partial charge in [-0.05, 0) is 72.6 Å². The lowest BCUT2D eigenvalue weighted by molar-refractivity contribution is -0.150. The van der Waals surface area contributed by atoms with E-state index in [0.717, 1.165) is 0 Å². The molecule has 19 heteroatoms. The summed E-state index contributed by atoms with van der Waals surface area (Å²) in [6, 6.07) is 13.0. The number of carboxylic acids is 1. The molecule has 3 heterocycles. The zero-order valence-corrected chi connectivity index (χ0v) is 38.2. The molecule has 3 aromatic carbocycles. The molecular formula is C49H61N9O10. The van der Waals surface area contributed by atoms with Crippen LogP contribution in [-0.2, 0) is 59.2 Å². The molecule has 10 N–H and O–H groups in total. The van der Waals surface area contributed by atoms with E-state index in [1.54, 1.807) is 61.5 Å². The Morgan fingerprint density at radius 1 is 0.676 bits per heavy atom. The van der Waals surface area contributed by atoms with Gasteiger partial charge in [0.2, 0.25) is 35.4 Å². The summed E-state index contributed by atoms with van der Waals surface area (Å²) in [4.78, 5) is 107. The van der Waals surface area contributed by atoms with E-state index >= 15 is 0 Å². The molecule has 19 nitrogen and oxygen atoms in total.